The minimum absolute atomic E-state index is 0.0359. The SMILES string of the molecule is Cc1ccc(Cn2nc(C)c(C(=O)O[C@@H](C)C(=O)NC(C)C)c2Cl)cc1. The van der Waals surface area contributed by atoms with Gasteiger partial charge in [0, 0.05) is 6.04 Å². The molecule has 0 saturated heterocycles. The van der Waals surface area contributed by atoms with Gasteiger partial charge in [0.25, 0.3) is 5.91 Å². The van der Waals surface area contributed by atoms with Crippen LogP contribution in [0, 0.1) is 13.8 Å². The second-order valence-electron chi connectivity index (χ2n) is 6.61. The van der Waals surface area contributed by atoms with Gasteiger partial charge < -0.3 is 10.1 Å². The van der Waals surface area contributed by atoms with Gasteiger partial charge in [-0.3, -0.25) is 4.79 Å². The summed E-state index contributed by atoms with van der Waals surface area (Å²) in [5, 5.41) is 7.23. The number of esters is 1. The van der Waals surface area contributed by atoms with Crippen LogP contribution in [0.2, 0.25) is 5.15 Å². The number of amides is 1. The summed E-state index contributed by atoms with van der Waals surface area (Å²) in [4.78, 5) is 24.4. The summed E-state index contributed by atoms with van der Waals surface area (Å²) in [5.74, 6) is -1.01. The average molecular weight is 378 g/mol. The molecule has 2 aromatic rings. The molecule has 1 N–H and O–H groups in total. The van der Waals surface area contributed by atoms with E-state index in [1.54, 1.807) is 11.6 Å². The van der Waals surface area contributed by atoms with Crippen molar-refractivity contribution in [3.8, 4) is 0 Å². The lowest BCUT2D eigenvalue weighted by molar-refractivity contribution is -0.129. The number of halogens is 1. The number of carbonyl (C=O) groups is 2. The maximum absolute atomic E-state index is 12.5. The predicted molar refractivity (Wildman–Crippen MR) is 100 cm³/mol. The van der Waals surface area contributed by atoms with Crippen molar-refractivity contribution in [1.82, 2.24) is 15.1 Å². The highest BCUT2D eigenvalue weighted by Gasteiger charge is 2.26. The number of rotatable bonds is 6. The molecule has 6 nitrogen and oxygen atoms in total. The van der Waals surface area contributed by atoms with Crippen molar-refractivity contribution >= 4 is 23.5 Å². The van der Waals surface area contributed by atoms with Gasteiger partial charge in [0.05, 0.1) is 12.2 Å². The molecule has 1 aromatic heterocycles. The molecule has 0 aliphatic rings. The molecular weight excluding hydrogens is 354 g/mol. The maximum Gasteiger partial charge on any atom is 0.343 e. The van der Waals surface area contributed by atoms with Crippen molar-refractivity contribution in [2.24, 2.45) is 0 Å². The van der Waals surface area contributed by atoms with E-state index in [4.69, 9.17) is 16.3 Å². The van der Waals surface area contributed by atoms with E-state index in [0.717, 1.165) is 11.1 Å². The summed E-state index contributed by atoms with van der Waals surface area (Å²) < 4.78 is 6.80. The Morgan fingerprint density at radius 3 is 2.38 bits per heavy atom. The van der Waals surface area contributed by atoms with Gasteiger partial charge in [-0.15, -0.1) is 0 Å². The summed E-state index contributed by atoms with van der Waals surface area (Å²) in [7, 11) is 0. The van der Waals surface area contributed by atoms with Gasteiger partial charge in [-0.25, -0.2) is 9.48 Å². The predicted octanol–water partition coefficient (Wildman–Crippen LogP) is 3.27. The maximum atomic E-state index is 12.5. The molecule has 1 atom stereocenters. The van der Waals surface area contributed by atoms with Gasteiger partial charge in [-0.05, 0) is 40.2 Å². The summed E-state index contributed by atoms with van der Waals surface area (Å²) >= 11 is 6.35. The fraction of sp³-hybridized carbons (Fsp3) is 0.421. The minimum Gasteiger partial charge on any atom is -0.449 e. The highest BCUT2D eigenvalue weighted by atomic mass is 35.5. The van der Waals surface area contributed by atoms with Gasteiger partial charge in [-0.1, -0.05) is 41.4 Å². The highest BCUT2D eigenvalue weighted by Crippen LogP contribution is 2.22. The summed E-state index contributed by atoms with van der Waals surface area (Å²) in [6.45, 7) is 9.34. The lowest BCUT2D eigenvalue weighted by Crippen LogP contribution is -2.39. The van der Waals surface area contributed by atoms with Crippen LogP contribution in [0.4, 0.5) is 0 Å². The molecule has 1 amide bonds. The first-order chi connectivity index (χ1) is 12.2. The Morgan fingerprint density at radius 1 is 1.19 bits per heavy atom. The number of aromatic nitrogens is 2. The van der Waals surface area contributed by atoms with Gasteiger partial charge in [0.2, 0.25) is 0 Å². The van der Waals surface area contributed by atoms with Crippen molar-refractivity contribution in [3.63, 3.8) is 0 Å². The molecule has 0 aliphatic carbocycles. The molecule has 0 unspecified atom stereocenters. The molecule has 140 valence electrons. The molecule has 0 fully saturated rings. The highest BCUT2D eigenvalue weighted by molar-refractivity contribution is 6.32. The number of carbonyl (C=O) groups excluding carboxylic acids is 2. The van der Waals surface area contributed by atoms with E-state index in [9.17, 15) is 9.59 Å². The Labute approximate surface area is 158 Å². The molecule has 1 aromatic carbocycles. The number of benzene rings is 1. The molecule has 7 heteroatoms. The van der Waals surface area contributed by atoms with Gasteiger partial charge >= 0.3 is 5.97 Å². The Bertz CT molecular complexity index is 797. The van der Waals surface area contributed by atoms with Crippen molar-refractivity contribution in [2.45, 2.75) is 53.3 Å². The number of ether oxygens (including phenoxy) is 1. The van der Waals surface area contributed by atoms with Crippen LogP contribution in [-0.2, 0) is 16.1 Å². The topological polar surface area (TPSA) is 73.2 Å². The fourth-order valence-electron chi connectivity index (χ4n) is 2.43. The third kappa shape index (κ3) is 4.85. The van der Waals surface area contributed by atoms with E-state index in [0.29, 0.717) is 12.2 Å². The van der Waals surface area contributed by atoms with E-state index in [-0.39, 0.29) is 22.7 Å². The average Bonchev–Trinajstić information content (AvgIpc) is 2.82. The Morgan fingerprint density at radius 2 is 1.81 bits per heavy atom. The molecule has 2 rings (SSSR count). The molecule has 0 radical (unpaired) electrons. The molecule has 26 heavy (non-hydrogen) atoms. The number of hydrogen-bond acceptors (Lipinski definition) is 4. The van der Waals surface area contributed by atoms with Crippen molar-refractivity contribution < 1.29 is 14.3 Å². The Balaban J connectivity index is 2.14. The number of aryl methyl sites for hydroxylation is 2. The first kappa shape index (κ1) is 20.0. The van der Waals surface area contributed by atoms with Crippen LogP contribution in [-0.4, -0.2) is 33.8 Å². The molecule has 0 spiro atoms. The molecule has 0 aliphatic heterocycles. The van der Waals surface area contributed by atoms with E-state index in [1.807, 2.05) is 45.0 Å². The smallest absolute Gasteiger partial charge is 0.343 e. The van der Waals surface area contributed by atoms with Crippen molar-refractivity contribution in [1.29, 1.82) is 0 Å². The Hall–Kier alpha value is -2.34. The number of nitrogens with one attached hydrogen (secondary N) is 1. The summed E-state index contributed by atoms with van der Waals surface area (Å²) in [6.07, 6.45) is -0.916. The van der Waals surface area contributed by atoms with E-state index in [2.05, 4.69) is 10.4 Å². The van der Waals surface area contributed by atoms with Crippen LogP contribution in [0.15, 0.2) is 24.3 Å². The van der Waals surface area contributed by atoms with Gasteiger partial charge in [0.1, 0.15) is 10.7 Å². The fourth-order valence-corrected chi connectivity index (χ4v) is 2.74. The first-order valence-corrected chi connectivity index (χ1v) is 8.86. The largest absolute Gasteiger partial charge is 0.449 e. The van der Waals surface area contributed by atoms with E-state index in [1.165, 1.54) is 6.92 Å². The van der Waals surface area contributed by atoms with E-state index >= 15 is 0 Å². The zero-order chi connectivity index (χ0) is 19.4. The van der Waals surface area contributed by atoms with E-state index < -0.39 is 12.1 Å². The van der Waals surface area contributed by atoms with Crippen LogP contribution < -0.4 is 5.32 Å². The second kappa shape index (κ2) is 8.36. The van der Waals surface area contributed by atoms with Crippen LogP contribution in [0.5, 0.6) is 0 Å². The molecule has 0 bridgehead atoms. The lowest BCUT2D eigenvalue weighted by atomic mass is 10.1. The summed E-state index contributed by atoms with van der Waals surface area (Å²) in [6, 6.07) is 7.94. The normalized spacial score (nSPS) is 12.1. The van der Waals surface area contributed by atoms with Crippen molar-refractivity contribution in [2.75, 3.05) is 0 Å². The third-order valence-electron chi connectivity index (χ3n) is 3.81. The summed E-state index contributed by atoms with van der Waals surface area (Å²) in [5.41, 5.74) is 2.82. The Kier molecular flexibility index (Phi) is 6.42. The van der Waals surface area contributed by atoms with Gasteiger partial charge in [0.15, 0.2) is 6.10 Å². The standard InChI is InChI=1S/C19H24ClN3O3/c1-11(2)21-18(24)14(5)26-19(25)16-13(4)22-23(17(16)20)10-15-8-6-12(3)7-9-15/h6-9,11,14H,10H2,1-5H3,(H,21,24)/t14-/m0/s1. The quantitative estimate of drug-likeness (QED) is 0.784. The van der Waals surface area contributed by atoms with Crippen LogP contribution >= 0.6 is 11.6 Å². The first-order valence-electron chi connectivity index (χ1n) is 8.48. The third-order valence-corrected chi connectivity index (χ3v) is 4.19. The number of hydrogen-bond donors (Lipinski definition) is 1. The minimum atomic E-state index is -0.916. The monoisotopic (exact) mass is 377 g/mol. The molecular formula is C19H24ClN3O3. The van der Waals surface area contributed by atoms with Crippen LogP contribution in [0.1, 0.15) is 48.0 Å². The number of nitrogens with zero attached hydrogens (tertiary/aromatic N) is 2. The van der Waals surface area contributed by atoms with Crippen molar-refractivity contribution in [3.05, 3.63) is 51.8 Å². The van der Waals surface area contributed by atoms with Gasteiger partial charge in [-0.2, -0.15) is 5.10 Å². The van der Waals surface area contributed by atoms with Crippen LogP contribution in [0.25, 0.3) is 0 Å². The second-order valence-corrected chi connectivity index (χ2v) is 6.96. The van der Waals surface area contributed by atoms with Crippen LogP contribution in [0.3, 0.4) is 0 Å². The molecule has 1 heterocycles. The molecule has 0 saturated carbocycles. The zero-order valence-electron chi connectivity index (χ0n) is 15.7. The lowest BCUT2D eigenvalue weighted by Gasteiger charge is -2.15. The zero-order valence-corrected chi connectivity index (χ0v) is 16.4.